The number of likely N-dealkylation sites (N-methyl/N-ethyl adjacent to an activating group) is 1. The fraction of sp³-hybridized carbons (Fsp3) is 0.500. The van der Waals surface area contributed by atoms with Crippen LogP contribution in [0.1, 0.15) is 36.4 Å². The lowest BCUT2D eigenvalue weighted by Gasteiger charge is -2.26. The summed E-state index contributed by atoms with van der Waals surface area (Å²) in [4.78, 5) is 26.5. The number of aryl methyl sites for hydroxylation is 1. The molecule has 0 saturated carbocycles. The van der Waals surface area contributed by atoms with Crippen LogP contribution in [-0.2, 0) is 19.4 Å². The molecule has 8 nitrogen and oxygen atoms in total. The van der Waals surface area contributed by atoms with Crippen molar-refractivity contribution in [2.45, 2.75) is 39.3 Å². The average molecular weight is 423 g/mol. The number of sulfone groups is 1. The molecule has 0 aliphatic carbocycles. The number of furan rings is 1. The van der Waals surface area contributed by atoms with Crippen LogP contribution in [0.4, 0.5) is 0 Å². The van der Waals surface area contributed by atoms with Crippen molar-refractivity contribution in [3.8, 4) is 5.75 Å². The maximum Gasteiger partial charge on any atom is 0.375 e. The number of carbonyl (C=O) groups excluding carboxylic acids is 2. The van der Waals surface area contributed by atoms with Gasteiger partial charge in [-0.05, 0) is 45.4 Å². The van der Waals surface area contributed by atoms with Crippen molar-refractivity contribution >= 4 is 32.7 Å². The molecule has 0 bridgehead atoms. The normalized spacial score (nSPS) is 19.1. The molecule has 2 heterocycles. The van der Waals surface area contributed by atoms with Gasteiger partial charge in [-0.3, -0.25) is 4.79 Å². The molecule has 1 amide bonds. The van der Waals surface area contributed by atoms with Gasteiger partial charge in [0, 0.05) is 24.0 Å². The Bertz CT molecular complexity index is 1040. The van der Waals surface area contributed by atoms with E-state index in [4.69, 9.17) is 13.9 Å². The van der Waals surface area contributed by atoms with Crippen LogP contribution in [-0.4, -0.2) is 62.5 Å². The molecule has 0 N–H and O–H groups in total. The molecular weight excluding hydrogens is 398 g/mol. The van der Waals surface area contributed by atoms with Gasteiger partial charge in [-0.25, -0.2) is 13.2 Å². The molecule has 0 radical (unpaired) electrons. The van der Waals surface area contributed by atoms with E-state index in [0.717, 1.165) is 5.39 Å². The number of hydrogen-bond donors (Lipinski definition) is 0. The van der Waals surface area contributed by atoms with Crippen LogP contribution >= 0.6 is 0 Å². The molecule has 1 aliphatic rings. The van der Waals surface area contributed by atoms with E-state index >= 15 is 0 Å². The molecule has 29 heavy (non-hydrogen) atoms. The van der Waals surface area contributed by atoms with Crippen LogP contribution in [0.3, 0.4) is 0 Å². The van der Waals surface area contributed by atoms with Crippen LogP contribution in [0.5, 0.6) is 5.75 Å². The van der Waals surface area contributed by atoms with Gasteiger partial charge in [0.2, 0.25) is 5.76 Å². The summed E-state index contributed by atoms with van der Waals surface area (Å²) in [5.74, 6) is -0.510. The van der Waals surface area contributed by atoms with E-state index < -0.39 is 33.9 Å². The van der Waals surface area contributed by atoms with Gasteiger partial charge in [-0.1, -0.05) is 0 Å². The molecule has 1 saturated heterocycles. The Hall–Kier alpha value is -2.55. The smallest absolute Gasteiger partial charge is 0.375 e. The van der Waals surface area contributed by atoms with E-state index in [1.165, 1.54) is 18.9 Å². The number of fused-ring (bicyclic) bond motifs is 1. The molecule has 1 aliphatic heterocycles. The fourth-order valence-corrected chi connectivity index (χ4v) is 5.24. The molecule has 1 fully saturated rings. The zero-order chi connectivity index (χ0) is 21.3. The summed E-state index contributed by atoms with van der Waals surface area (Å²) in [6, 6.07) is 4.85. The first kappa shape index (κ1) is 21.2. The van der Waals surface area contributed by atoms with E-state index in [-0.39, 0.29) is 17.3 Å². The third-order valence-electron chi connectivity index (χ3n) is 5.14. The molecule has 158 valence electrons. The maximum absolute atomic E-state index is 12.6. The summed E-state index contributed by atoms with van der Waals surface area (Å²) in [6.45, 7) is 5.60. The summed E-state index contributed by atoms with van der Waals surface area (Å²) in [5.41, 5.74) is 1.12. The van der Waals surface area contributed by atoms with E-state index in [1.807, 2.05) is 6.92 Å². The summed E-state index contributed by atoms with van der Waals surface area (Å²) in [7, 11) is -1.59. The van der Waals surface area contributed by atoms with Gasteiger partial charge in [0.25, 0.3) is 5.91 Å². The number of esters is 1. The van der Waals surface area contributed by atoms with Gasteiger partial charge in [0.15, 0.2) is 15.9 Å². The van der Waals surface area contributed by atoms with Crippen molar-refractivity contribution in [1.82, 2.24) is 4.90 Å². The topological polar surface area (TPSA) is 103 Å². The highest BCUT2D eigenvalue weighted by Gasteiger charge is 2.35. The average Bonchev–Trinajstić information content (AvgIpc) is 3.20. The Labute approximate surface area is 169 Å². The van der Waals surface area contributed by atoms with Crippen LogP contribution in [0.25, 0.3) is 11.0 Å². The number of amides is 1. The predicted octanol–water partition coefficient (Wildman–Crippen LogP) is 2.33. The molecule has 0 spiro atoms. The van der Waals surface area contributed by atoms with Crippen molar-refractivity contribution in [3.05, 3.63) is 29.5 Å². The van der Waals surface area contributed by atoms with Crippen molar-refractivity contribution in [2.24, 2.45) is 0 Å². The van der Waals surface area contributed by atoms with Crippen LogP contribution in [0.15, 0.2) is 22.6 Å². The lowest BCUT2D eigenvalue weighted by molar-refractivity contribution is -0.140. The highest BCUT2D eigenvalue weighted by Crippen LogP contribution is 2.29. The van der Waals surface area contributed by atoms with Gasteiger partial charge in [0.05, 0.1) is 18.1 Å². The minimum atomic E-state index is -3.12. The second-order valence-electron chi connectivity index (χ2n) is 7.20. The third-order valence-corrected chi connectivity index (χ3v) is 6.89. The molecule has 2 atom stereocenters. The lowest BCUT2D eigenvalue weighted by atomic mass is 10.1. The van der Waals surface area contributed by atoms with Gasteiger partial charge < -0.3 is 18.8 Å². The van der Waals surface area contributed by atoms with Crippen LogP contribution < -0.4 is 4.74 Å². The second kappa shape index (κ2) is 8.06. The zero-order valence-corrected chi connectivity index (χ0v) is 17.7. The molecule has 0 unspecified atom stereocenters. The number of carbonyl (C=O) groups is 2. The Morgan fingerprint density at radius 3 is 2.69 bits per heavy atom. The van der Waals surface area contributed by atoms with Crippen molar-refractivity contribution in [1.29, 1.82) is 0 Å². The van der Waals surface area contributed by atoms with E-state index in [9.17, 15) is 18.0 Å². The Balaban J connectivity index is 1.72. The maximum atomic E-state index is 12.6. The molecule has 9 heteroatoms. The first-order chi connectivity index (χ1) is 13.6. The van der Waals surface area contributed by atoms with E-state index in [2.05, 4.69) is 0 Å². The Morgan fingerprint density at radius 2 is 2.07 bits per heavy atom. The summed E-state index contributed by atoms with van der Waals surface area (Å²) in [6.07, 6.45) is -0.682. The Kier molecular flexibility index (Phi) is 5.88. The third kappa shape index (κ3) is 4.39. The number of nitrogens with zero attached hydrogens (tertiary/aromatic N) is 1. The van der Waals surface area contributed by atoms with Crippen molar-refractivity contribution < 1.29 is 31.9 Å². The summed E-state index contributed by atoms with van der Waals surface area (Å²) < 4.78 is 39.7. The highest BCUT2D eigenvalue weighted by atomic mass is 32.2. The number of hydrogen-bond acceptors (Lipinski definition) is 7. The number of rotatable bonds is 6. The SMILES string of the molecule is CCOc1ccc2oc(C(=O)O[C@@H](C)C(=O)N(C)[C@@H]3CCS(=O)(=O)C3)c(C)c2c1. The molecule has 2 aromatic rings. The summed E-state index contributed by atoms with van der Waals surface area (Å²) in [5, 5.41) is 0.732. The molecular formula is C20H25NO7S. The van der Waals surface area contributed by atoms with Crippen molar-refractivity contribution in [2.75, 3.05) is 25.2 Å². The standard InChI is InChI=1S/C20H25NO7S/c1-5-26-15-6-7-17-16(10-15)12(2)18(28-17)20(23)27-13(3)19(22)21(4)14-8-9-29(24,25)11-14/h6-7,10,13-14H,5,8-9,11H2,1-4H3/t13-,14+/m0/s1. The minimum absolute atomic E-state index is 0.0272. The summed E-state index contributed by atoms with van der Waals surface area (Å²) >= 11 is 0. The number of ether oxygens (including phenoxy) is 2. The first-order valence-corrected chi connectivity index (χ1v) is 11.3. The zero-order valence-electron chi connectivity index (χ0n) is 16.9. The van der Waals surface area contributed by atoms with Gasteiger partial charge in [0.1, 0.15) is 11.3 Å². The fourth-order valence-electron chi connectivity index (χ4n) is 3.46. The molecule has 1 aromatic carbocycles. The second-order valence-corrected chi connectivity index (χ2v) is 9.43. The van der Waals surface area contributed by atoms with Crippen LogP contribution in [0, 0.1) is 6.92 Å². The highest BCUT2D eigenvalue weighted by molar-refractivity contribution is 7.91. The van der Waals surface area contributed by atoms with Gasteiger partial charge >= 0.3 is 5.97 Å². The minimum Gasteiger partial charge on any atom is -0.494 e. The largest absolute Gasteiger partial charge is 0.494 e. The quantitative estimate of drug-likeness (QED) is 0.657. The lowest BCUT2D eigenvalue weighted by Crippen LogP contribution is -2.44. The molecule has 3 rings (SSSR count). The Morgan fingerprint density at radius 1 is 1.34 bits per heavy atom. The first-order valence-electron chi connectivity index (χ1n) is 9.47. The monoisotopic (exact) mass is 423 g/mol. The van der Waals surface area contributed by atoms with E-state index in [0.29, 0.717) is 29.9 Å². The van der Waals surface area contributed by atoms with Crippen molar-refractivity contribution in [3.63, 3.8) is 0 Å². The number of benzene rings is 1. The van der Waals surface area contributed by atoms with Gasteiger partial charge in [-0.2, -0.15) is 0 Å². The van der Waals surface area contributed by atoms with E-state index in [1.54, 1.807) is 25.1 Å². The molecule has 1 aromatic heterocycles. The van der Waals surface area contributed by atoms with Gasteiger partial charge in [-0.15, -0.1) is 0 Å². The predicted molar refractivity (Wildman–Crippen MR) is 107 cm³/mol. The van der Waals surface area contributed by atoms with Crippen LogP contribution in [0.2, 0.25) is 0 Å².